The molecule has 3 heterocycles. The fourth-order valence-electron chi connectivity index (χ4n) is 3.25. The molecule has 0 fully saturated rings. The second kappa shape index (κ2) is 8.28. The first-order valence-corrected chi connectivity index (χ1v) is 9.07. The molecule has 8 nitrogen and oxygen atoms in total. The first-order chi connectivity index (χ1) is 13.8. The Morgan fingerprint density at radius 3 is 3.00 bits per heavy atom. The number of aromatic nitrogens is 4. The van der Waals surface area contributed by atoms with Crippen LogP contribution in [-0.4, -0.2) is 39.8 Å². The molecule has 0 saturated heterocycles. The van der Waals surface area contributed by atoms with Crippen molar-refractivity contribution in [2.75, 3.05) is 20.3 Å². The zero-order valence-electron chi connectivity index (χ0n) is 15.5. The van der Waals surface area contributed by atoms with Crippen molar-refractivity contribution in [3.8, 4) is 17.1 Å². The summed E-state index contributed by atoms with van der Waals surface area (Å²) in [6.45, 7) is 1.92. The molecular formula is C20H21N5O3. The maximum atomic E-state index is 12.7. The quantitative estimate of drug-likeness (QED) is 0.719. The lowest BCUT2D eigenvalue weighted by molar-refractivity contribution is 0.117. The number of nitrogens with one attached hydrogen (secondary N) is 1. The van der Waals surface area contributed by atoms with E-state index in [1.807, 2.05) is 24.3 Å². The summed E-state index contributed by atoms with van der Waals surface area (Å²) in [7, 11) is 1.65. The van der Waals surface area contributed by atoms with Crippen molar-refractivity contribution in [1.82, 2.24) is 24.8 Å². The standard InChI is InChI=1S/C20H21N5O3/c1-27-18-5-3-2-4-14(18)11-22-17-12-28-9-8-25-19(26)10-16(24-20(17)25)15-6-7-21-13-23-15/h2-7,10,13,17,22H,8-9,11-12H2,1H3. The predicted octanol–water partition coefficient (Wildman–Crippen LogP) is 1.57. The Kier molecular flexibility index (Phi) is 5.41. The fourth-order valence-corrected chi connectivity index (χ4v) is 3.25. The molecule has 0 aliphatic carbocycles. The lowest BCUT2D eigenvalue weighted by Gasteiger charge is -2.19. The second-order valence-electron chi connectivity index (χ2n) is 6.40. The Hall–Kier alpha value is -3.10. The van der Waals surface area contributed by atoms with E-state index in [0.29, 0.717) is 43.5 Å². The third-order valence-corrected chi connectivity index (χ3v) is 4.67. The number of methoxy groups -OCH3 is 1. The Labute approximate surface area is 162 Å². The summed E-state index contributed by atoms with van der Waals surface area (Å²) in [6.07, 6.45) is 3.08. The summed E-state index contributed by atoms with van der Waals surface area (Å²) in [5.74, 6) is 1.46. The molecule has 0 bridgehead atoms. The lowest BCUT2D eigenvalue weighted by Crippen LogP contribution is -2.32. The van der Waals surface area contributed by atoms with Crippen LogP contribution < -0.4 is 15.6 Å². The van der Waals surface area contributed by atoms with Gasteiger partial charge < -0.3 is 14.8 Å². The molecular weight excluding hydrogens is 358 g/mol. The number of para-hydroxylation sites is 1. The molecule has 1 N–H and O–H groups in total. The van der Waals surface area contributed by atoms with Gasteiger partial charge in [-0.1, -0.05) is 18.2 Å². The van der Waals surface area contributed by atoms with Gasteiger partial charge in [-0.25, -0.2) is 15.0 Å². The minimum absolute atomic E-state index is 0.117. The molecule has 8 heteroatoms. The van der Waals surface area contributed by atoms with Crippen molar-refractivity contribution < 1.29 is 9.47 Å². The van der Waals surface area contributed by atoms with E-state index in [1.54, 1.807) is 23.9 Å². The Morgan fingerprint density at radius 1 is 1.29 bits per heavy atom. The van der Waals surface area contributed by atoms with Crippen LogP contribution in [0.3, 0.4) is 0 Å². The average Bonchev–Trinajstić information content (AvgIpc) is 2.95. The Balaban J connectivity index is 1.67. The van der Waals surface area contributed by atoms with Crippen molar-refractivity contribution >= 4 is 0 Å². The topological polar surface area (TPSA) is 91.2 Å². The molecule has 1 aliphatic rings. The summed E-state index contributed by atoms with van der Waals surface area (Å²) >= 11 is 0. The highest BCUT2D eigenvalue weighted by Crippen LogP contribution is 2.21. The van der Waals surface area contributed by atoms with Crippen LogP contribution in [0.2, 0.25) is 0 Å². The average molecular weight is 379 g/mol. The van der Waals surface area contributed by atoms with Gasteiger partial charge in [0.15, 0.2) is 0 Å². The van der Waals surface area contributed by atoms with Crippen molar-refractivity contribution in [3.63, 3.8) is 0 Å². The number of hydrogen-bond acceptors (Lipinski definition) is 7. The molecule has 0 spiro atoms. The van der Waals surface area contributed by atoms with Gasteiger partial charge in [0.05, 0.1) is 44.3 Å². The number of hydrogen-bond donors (Lipinski definition) is 1. The molecule has 28 heavy (non-hydrogen) atoms. The van der Waals surface area contributed by atoms with Gasteiger partial charge in [0, 0.05) is 24.4 Å². The summed E-state index contributed by atoms with van der Waals surface area (Å²) in [5.41, 5.74) is 2.05. The number of nitrogens with zero attached hydrogens (tertiary/aromatic N) is 4. The van der Waals surface area contributed by atoms with Crippen LogP contribution in [0.15, 0.2) is 53.7 Å². The molecule has 4 rings (SSSR count). The van der Waals surface area contributed by atoms with E-state index >= 15 is 0 Å². The summed E-state index contributed by atoms with van der Waals surface area (Å²) in [6, 6.07) is 10.8. The van der Waals surface area contributed by atoms with Gasteiger partial charge in [-0.05, 0) is 12.1 Å². The first kappa shape index (κ1) is 18.3. The van der Waals surface area contributed by atoms with Crippen LogP contribution in [0.25, 0.3) is 11.4 Å². The van der Waals surface area contributed by atoms with E-state index in [2.05, 4.69) is 15.3 Å². The molecule has 1 aromatic carbocycles. The van der Waals surface area contributed by atoms with E-state index < -0.39 is 0 Å². The molecule has 0 saturated carbocycles. The Morgan fingerprint density at radius 2 is 2.18 bits per heavy atom. The van der Waals surface area contributed by atoms with Crippen molar-refractivity contribution in [3.05, 3.63) is 70.7 Å². The van der Waals surface area contributed by atoms with Gasteiger partial charge in [-0.15, -0.1) is 0 Å². The van der Waals surface area contributed by atoms with E-state index in [0.717, 1.165) is 11.3 Å². The van der Waals surface area contributed by atoms with Crippen LogP contribution in [0, 0.1) is 0 Å². The van der Waals surface area contributed by atoms with E-state index in [1.165, 1.54) is 12.4 Å². The summed E-state index contributed by atoms with van der Waals surface area (Å²) < 4.78 is 12.8. The number of benzene rings is 1. The predicted molar refractivity (Wildman–Crippen MR) is 103 cm³/mol. The van der Waals surface area contributed by atoms with Crippen LogP contribution >= 0.6 is 0 Å². The minimum Gasteiger partial charge on any atom is -0.496 e. The van der Waals surface area contributed by atoms with Gasteiger partial charge in [0.25, 0.3) is 5.56 Å². The van der Waals surface area contributed by atoms with Crippen molar-refractivity contribution in [2.24, 2.45) is 0 Å². The fraction of sp³-hybridized carbons (Fsp3) is 0.300. The van der Waals surface area contributed by atoms with E-state index in [9.17, 15) is 4.79 Å². The molecule has 1 atom stereocenters. The maximum Gasteiger partial charge on any atom is 0.254 e. The molecule has 1 unspecified atom stereocenters. The zero-order valence-corrected chi connectivity index (χ0v) is 15.5. The van der Waals surface area contributed by atoms with E-state index in [4.69, 9.17) is 14.5 Å². The van der Waals surface area contributed by atoms with Gasteiger partial charge in [0.2, 0.25) is 0 Å². The molecule has 2 aromatic heterocycles. The summed E-state index contributed by atoms with van der Waals surface area (Å²) in [5, 5.41) is 3.45. The number of rotatable bonds is 5. The van der Waals surface area contributed by atoms with Crippen LogP contribution in [0.5, 0.6) is 5.75 Å². The van der Waals surface area contributed by atoms with Gasteiger partial charge >= 0.3 is 0 Å². The third kappa shape index (κ3) is 3.78. The smallest absolute Gasteiger partial charge is 0.254 e. The lowest BCUT2D eigenvalue weighted by atomic mass is 10.1. The van der Waals surface area contributed by atoms with E-state index in [-0.39, 0.29) is 11.6 Å². The minimum atomic E-state index is -0.234. The zero-order chi connectivity index (χ0) is 19.3. The number of fused-ring (bicyclic) bond motifs is 1. The highest BCUT2D eigenvalue weighted by Gasteiger charge is 2.23. The van der Waals surface area contributed by atoms with Crippen molar-refractivity contribution in [1.29, 1.82) is 0 Å². The van der Waals surface area contributed by atoms with Crippen LogP contribution in [0.1, 0.15) is 17.4 Å². The molecule has 0 radical (unpaired) electrons. The highest BCUT2D eigenvalue weighted by atomic mass is 16.5. The first-order valence-electron chi connectivity index (χ1n) is 9.07. The third-order valence-electron chi connectivity index (χ3n) is 4.67. The van der Waals surface area contributed by atoms with Crippen LogP contribution in [0.4, 0.5) is 0 Å². The molecule has 144 valence electrons. The number of ether oxygens (including phenoxy) is 2. The van der Waals surface area contributed by atoms with Crippen molar-refractivity contribution in [2.45, 2.75) is 19.1 Å². The monoisotopic (exact) mass is 379 g/mol. The molecule has 1 aliphatic heterocycles. The highest BCUT2D eigenvalue weighted by molar-refractivity contribution is 5.52. The normalized spacial score (nSPS) is 16.2. The largest absolute Gasteiger partial charge is 0.496 e. The maximum absolute atomic E-state index is 12.7. The van der Waals surface area contributed by atoms with Gasteiger partial charge in [0.1, 0.15) is 17.9 Å². The molecule has 3 aromatic rings. The Bertz CT molecular complexity index is 1010. The van der Waals surface area contributed by atoms with Gasteiger partial charge in [-0.2, -0.15) is 0 Å². The molecule has 0 amide bonds. The second-order valence-corrected chi connectivity index (χ2v) is 6.40. The summed E-state index contributed by atoms with van der Waals surface area (Å²) in [4.78, 5) is 25.6. The van der Waals surface area contributed by atoms with Gasteiger partial charge in [-0.3, -0.25) is 9.36 Å². The van der Waals surface area contributed by atoms with Crippen LogP contribution in [-0.2, 0) is 17.8 Å². The SMILES string of the molecule is COc1ccccc1CNC1COCCn2c1nc(-c1ccncn1)cc2=O.